The van der Waals surface area contributed by atoms with Gasteiger partial charge in [0, 0.05) is 51.9 Å². The second-order valence-corrected chi connectivity index (χ2v) is 15.1. The van der Waals surface area contributed by atoms with Gasteiger partial charge in [-0.25, -0.2) is 9.97 Å². The Morgan fingerprint density at radius 1 is 0.936 bits per heavy atom. The van der Waals surface area contributed by atoms with Crippen molar-refractivity contribution in [3.8, 4) is 0 Å². The number of carbonyl (C=O) groups is 2. The lowest BCUT2D eigenvalue weighted by Gasteiger charge is -2.27. The molecule has 1 heterocycles. The fourth-order valence-electron chi connectivity index (χ4n) is 5.37. The van der Waals surface area contributed by atoms with Crippen LogP contribution in [0.15, 0.2) is 80.6 Å². The average Bonchev–Trinajstić information content (AvgIpc) is 3.06. The zero-order valence-electron chi connectivity index (χ0n) is 28.6. The minimum absolute atomic E-state index is 0.0134. The van der Waals surface area contributed by atoms with Crippen molar-refractivity contribution in [1.82, 2.24) is 15.3 Å². The lowest BCUT2D eigenvalue weighted by Crippen LogP contribution is -2.37. The van der Waals surface area contributed by atoms with Crippen LogP contribution in [-0.2, 0) is 4.79 Å². The Hall–Kier alpha value is -2.75. The van der Waals surface area contributed by atoms with E-state index in [1.54, 1.807) is 12.1 Å². The molecule has 9 heteroatoms. The molecule has 47 heavy (non-hydrogen) atoms. The predicted octanol–water partition coefficient (Wildman–Crippen LogP) is 10.2. The van der Waals surface area contributed by atoms with Crippen LogP contribution in [0.3, 0.4) is 0 Å². The van der Waals surface area contributed by atoms with Crippen molar-refractivity contribution in [2.45, 2.75) is 76.9 Å². The molecule has 0 radical (unpaired) electrons. The molecule has 5 rings (SSSR count). The predicted molar refractivity (Wildman–Crippen MR) is 206 cm³/mol. The van der Waals surface area contributed by atoms with E-state index in [0.717, 1.165) is 47.9 Å². The van der Waals surface area contributed by atoms with Crippen molar-refractivity contribution in [2.75, 3.05) is 25.5 Å². The summed E-state index contributed by atoms with van der Waals surface area (Å²) in [4.78, 5) is 37.8. The number of para-hydroxylation sites is 1. The molecular weight excluding hydrogens is 736 g/mol. The maximum Gasteiger partial charge on any atom is 0.233 e. The van der Waals surface area contributed by atoms with Gasteiger partial charge in [0.1, 0.15) is 11.6 Å². The van der Waals surface area contributed by atoms with Gasteiger partial charge in [0.05, 0.1) is 10.8 Å². The summed E-state index contributed by atoms with van der Waals surface area (Å²) in [5, 5.41) is 3.79. The van der Waals surface area contributed by atoms with E-state index in [1.165, 1.54) is 37.4 Å². The van der Waals surface area contributed by atoms with Crippen LogP contribution in [0.1, 0.15) is 74.6 Å². The summed E-state index contributed by atoms with van der Waals surface area (Å²) in [5.41, 5.74) is 2.75. The summed E-state index contributed by atoms with van der Waals surface area (Å²) in [6.07, 6.45) is 4.98. The summed E-state index contributed by atoms with van der Waals surface area (Å²) in [6.45, 7) is 10.9. The summed E-state index contributed by atoms with van der Waals surface area (Å²) in [6, 6.07) is 21.4. The Labute approximate surface area is 302 Å². The average molecular weight is 785 g/mol. The SMILES string of the molecule is CC.Cc1cc(SC(CC(=O)c2ccc(Br)cc2)C(=O)NCC2CCC(C)CC2)ccc1Br.Cc1nc(N(C)C)c2ccccc2n1. The Morgan fingerprint density at radius 2 is 1.60 bits per heavy atom. The zero-order chi connectivity index (χ0) is 34.5. The third-order valence-corrected chi connectivity index (χ3v) is 10.7. The number of anilines is 1. The molecule has 1 atom stereocenters. The van der Waals surface area contributed by atoms with Crippen molar-refractivity contribution in [3.05, 3.63) is 92.6 Å². The number of halogens is 2. The highest BCUT2D eigenvalue weighted by atomic mass is 79.9. The van der Waals surface area contributed by atoms with Crippen LogP contribution < -0.4 is 10.2 Å². The first-order valence-electron chi connectivity index (χ1n) is 16.4. The number of aryl methyl sites for hydroxylation is 2. The molecular formula is C38H48Br2N4O2S. The number of Topliss-reactive ketones (excluding diaryl/α,β-unsaturated/α-hetero) is 1. The summed E-state index contributed by atoms with van der Waals surface area (Å²) in [7, 11) is 3.99. The van der Waals surface area contributed by atoms with E-state index < -0.39 is 5.25 Å². The number of benzene rings is 3. The molecule has 0 saturated heterocycles. The van der Waals surface area contributed by atoms with Crippen molar-refractivity contribution < 1.29 is 9.59 Å². The third kappa shape index (κ3) is 12.0. The lowest BCUT2D eigenvalue weighted by molar-refractivity contribution is -0.120. The summed E-state index contributed by atoms with van der Waals surface area (Å²) in [5.74, 6) is 3.07. The van der Waals surface area contributed by atoms with Crippen LogP contribution in [0, 0.1) is 25.7 Å². The topological polar surface area (TPSA) is 75.2 Å². The molecule has 6 nitrogen and oxygen atoms in total. The zero-order valence-corrected chi connectivity index (χ0v) is 32.6. The van der Waals surface area contributed by atoms with E-state index in [9.17, 15) is 9.59 Å². The van der Waals surface area contributed by atoms with Crippen LogP contribution in [0.4, 0.5) is 5.82 Å². The molecule has 1 unspecified atom stereocenters. The van der Waals surface area contributed by atoms with Crippen molar-refractivity contribution >= 4 is 72.0 Å². The number of fused-ring (bicyclic) bond motifs is 1. The number of nitrogens with one attached hydrogen (secondary N) is 1. The van der Waals surface area contributed by atoms with E-state index >= 15 is 0 Å². The van der Waals surface area contributed by atoms with Gasteiger partial charge in [-0.3, -0.25) is 9.59 Å². The fourth-order valence-corrected chi connectivity index (χ4v) is 7.03. The molecule has 1 aromatic heterocycles. The summed E-state index contributed by atoms with van der Waals surface area (Å²) >= 11 is 8.40. The highest BCUT2D eigenvalue weighted by Crippen LogP contribution is 2.31. The minimum Gasteiger partial charge on any atom is -0.362 e. The van der Waals surface area contributed by atoms with Crippen LogP contribution in [0.5, 0.6) is 0 Å². The second-order valence-electron chi connectivity index (χ2n) is 12.0. The van der Waals surface area contributed by atoms with Crippen molar-refractivity contribution in [3.63, 3.8) is 0 Å². The molecule has 1 fully saturated rings. The molecule has 252 valence electrons. The molecule has 1 amide bonds. The number of rotatable bonds is 9. The van der Waals surface area contributed by atoms with Gasteiger partial charge in [0.25, 0.3) is 0 Å². The van der Waals surface area contributed by atoms with Crippen molar-refractivity contribution in [1.29, 1.82) is 0 Å². The molecule has 1 saturated carbocycles. The molecule has 0 aliphatic heterocycles. The molecule has 3 aromatic carbocycles. The fraction of sp³-hybridized carbons (Fsp3) is 0.421. The second kappa shape index (κ2) is 19.3. The maximum absolute atomic E-state index is 13.1. The number of thioether (sulfide) groups is 1. The quantitative estimate of drug-likeness (QED) is 0.135. The van der Waals surface area contributed by atoms with Crippen LogP contribution in [-0.4, -0.2) is 47.5 Å². The Bertz CT molecular complexity index is 1610. The Kier molecular flexibility index (Phi) is 15.9. The largest absolute Gasteiger partial charge is 0.362 e. The number of carbonyl (C=O) groups excluding carboxylic acids is 2. The van der Waals surface area contributed by atoms with E-state index in [4.69, 9.17) is 0 Å². The number of hydrogen-bond acceptors (Lipinski definition) is 6. The van der Waals surface area contributed by atoms with E-state index in [-0.39, 0.29) is 18.1 Å². The van der Waals surface area contributed by atoms with Crippen LogP contribution >= 0.6 is 43.6 Å². The number of hydrogen-bond donors (Lipinski definition) is 1. The first kappa shape index (κ1) is 38.7. The van der Waals surface area contributed by atoms with Crippen LogP contribution in [0.25, 0.3) is 10.9 Å². The number of ketones is 1. The summed E-state index contributed by atoms with van der Waals surface area (Å²) < 4.78 is 1.97. The van der Waals surface area contributed by atoms with Gasteiger partial charge in [-0.1, -0.05) is 89.7 Å². The Morgan fingerprint density at radius 3 is 2.23 bits per heavy atom. The van der Waals surface area contributed by atoms with E-state index in [2.05, 4.69) is 60.1 Å². The highest BCUT2D eigenvalue weighted by Gasteiger charge is 2.26. The molecule has 1 aliphatic rings. The first-order chi connectivity index (χ1) is 22.5. The maximum atomic E-state index is 13.1. The lowest BCUT2D eigenvalue weighted by atomic mass is 9.83. The van der Waals surface area contributed by atoms with Crippen LogP contribution in [0.2, 0.25) is 0 Å². The van der Waals surface area contributed by atoms with E-state index in [0.29, 0.717) is 18.0 Å². The standard InChI is InChI=1S/C25H29Br2NO2S.C11H13N3.C2H6/c1-16-3-5-18(6-4-16)15-28-25(30)24(31-21-11-12-22(27)17(2)13-21)14-23(29)19-7-9-20(26)10-8-19;1-8-12-10-7-5-4-6-9(10)11(13-8)14(2)3;1-2/h7-13,16,18,24H,3-6,14-15H2,1-2H3,(H,28,30);4-7H,1-3H3;1-2H3. The normalized spacial score (nSPS) is 16.2. The Balaban J connectivity index is 0.000000311. The van der Waals surface area contributed by atoms with Gasteiger partial charge >= 0.3 is 0 Å². The number of amides is 1. The van der Waals surface area contributed by atoms with Gasteiger partial charge in [0.2, 0.25) is 5.91 Å². The minimum atomic E-state index is -0.459. The smallest absolute Gasteiger partial charge is 0.233 e. The van der Waals surface area contributed by atoms with Gasteiger partial charge < -0.3 is 10.2 Å². The molecule has 0 bridgehead atoms. The van der Waals surface area contributed by atoms with Gasteiger partial charge in [-0.2, -0.15) is 0 Å². The highest BCUT2D eigenvalue weighted by molar-refractivity contribution is 9.10. The monoisotopic (exact) mass is 782 g/mol. The first-order valence-corrected chi connectivity index (χ1v) is 18.9. The molecule has 0 spiro atoms. The third-order valence-electron chi connectivity index (χ3n) is 8.06. The molecule has 4 aromatic rings. The van der Waals surface area contributed by atoms with Gasteiger partial charge in [-0.05, 0) is 86.6 Å². The van der Waals surface area contributed by atoms with E-state index in [1.807, 2.05) is 95.2 Å². The van der Waals surface area contributed by atoms with Crippen molar-refractivity contribution in [2.24, 2.45) is 11.8 Å². The van der Waals surface area contributed by atoms with Gasteiger partial charge in [0.15, 0.2) is 5.78 Å². The number of aromatic nitrogens is 2. The molecule has 1 aliphatic carbocycles. The van der Waals surface area contributed by atoms with Gasteiger partial charge in [-0.15, -0.1) is 11.8 Å². The number of nitrogens with zero attached hydrogens (tertiary/aromatic N) is 3. The molecule has 1 N–H and O–H groups in total.